The van der Waals surface area contributed by atoms with Crippen molar-refractivity contribution in [1.29, 1.82) is 0 Å². The molecule has 0 saturated carbocycles. The largest absolute Gasteiger partial charge is 0.507 e. The normalized spacial score (nSPS) is 11.0. The molecule has 0 unspecified atom stereocenters. The first-order valence-electron chi connectivity index (χ1n) is 8.53. The van der Waals surface area contributed by atoms with Gasteiger partial charge >= 0.3 is 0 Å². The number of nitrogens with zero attached hydrogens (tertiary/aromatic N) is 2. The van der Waals surface area contributed by atoms with Crippen molar-refractivity contribution in [2.45, 2.75) is 26.9 Å². The number of aryl methyl sites for hydroxylation is 1. The third-order valence-corrected chi connectivity index (χ3v) is 4.57. The highest BCUT2D eigenvalue weighted by atomic mass is 16.5. The maximum absolute atomic E-state index is 12.6. The number of hydrogen-bond acceptors (Lipinski definition) is 4. The molecule has 0 atom stereocenters. The maximum Gasteiger partial charge on any atom is 0.255 e. The average molecular weight is 353 g/mol. The number of phenols is 1. The van der Waals surface area contributed by atoms with Gasteiger partial charge in [-0.2, -0.15) is 5.10 Å². The smallest absolute Gasteiger partial charge is 0.255 e. The number of rotatable bonds is 6. The standard InChI is InChI=1S/C20H23N3O3/c1-13-18(14(2)23(22-13)8-9-26-3)12-21-20(25)17-10-15-6-4-5-7-16(15)11-19(17)24/h4-7,10-11,24H,8-9,12H2,1-3H3,(H,21,25). The van der Waals surface area contributed by atoms with Crippen molar-refractivity contribution in [1.82, 2.24) is 15.1 Å². The van der Waals surface area contributed by atoms with Crippen LogP contribution in [0.25, 0.3) is 10.8 Å². The summed E-state index contributed by atoms with van der Waals surface area (Å²) in [5.41, 5.74) is 3.13. The summed E-state index contributed by atoms with van der Waals surface area (Å²) < 4.78 is 6.98. The lowest BCUT2D eigenvalue weighted by Gasteiger charge is -2.09. The van der Waals surface area contributed by atoms with E-state index >= 15 is 0 Å². The molecule has 0 aliphatic rings. The van der Waals surface area contributed by atoms with E-state index in [9.17, 15) is 9.90 Å². The summed E-state index contributed by atoms with van der Waals surface area (Å²) in [7, 11) is 1.66. The Morgan fingerprint density at radius 1 is 1.23 bits per heavy atom. The van der Waals surface area contributed by atoms with Gasteiger partial charge in [0.15, 0.2) is 0 Å². The number of fused-ring (bicyclic) bond motifs is 1. The zero-order chi connectivity index (χ0) is 18.7. The fourth-order valence-corrected chi connectivity index (χ4v) is 3.06. The van der Waals surface area contributed by atoms with Crippen molar-refractivity contribution in [3.63, 3.8) is 0 Å². The number of carbonyl (C=O) groups excluding carboxylic acids is 1. The van der Waals surface area contributed by atoms with Gasteiger partial charge in [-0.1, -0.05) is 24.3 Å². The third-order valence-electron chi connectivity index (χ3n) is 4.57. The fourth-order valence-electron chi connectivity index (χ4n) is 3.06. The molecule has 0 aliphatic heterocycles. The van der Waals surface area contributed by atoms with Gasteiger partial charge in [0, 0.05) is 24.9 Å². The van der Waals surface area contributed by atoms with Gasteiger partial charge in [-0.05, 0) is 36.8 Å². The van der Waals surface area contributed by atoms with Crippen LogP contribution in [0, 0.1) is 13.8 Å². The Labute approximate surface area is 152 Å². The number of phenolic OH excluding ortho intramolecular Hbond substituents is 1. The molecule has 26 heavy (non-hydrogen) atoms. The molecule has 3 rings (SSSR count). The van der Waals surface area contributed by atoms with E-state index in [1.54, 1.807) is 19.2 Å². The van der Waals surface area contributed by atoms with Gasteiger partial charge in [-0.15, -0.1) is 0 Å². The minimum absolute atomic E-state index is 0.0227. The molecule has 1 heterocycles. The van der Waals surface area contributed by atoms with Gasteiger partial charge in [0.05, 0.1) is 24.4 Å². The number of nitrogens with one attached hydrogen (secondary N) is 1. The van der Waals surface area contributed by atoms with Crippen LogP contribution in [0.4, 0.5) is 0 Å². The van der Waals surface area contributed by atoms with E-state index in [0.29, 0.717) is 19.7 Å². The number of amides is 1. The van der Waals surface area contributed by atoms with Crippen LogP contribution in [0.5, 0.6) is 5.75 Å². The Morgan fingerprint density at radius 3 is 2.62 bits per heavy atom. The van der Waals surface area contributed by atoms with Crippen molar-refractivity contribution in [2.75, 3.05) is 13.7 Å². The first-order chi connectivity index (χ1) is 12.5. The summed E-state index contributed by atoms with van der Waals surface area (Å²) in [6, 6.07) is 10.9. The van der Waals surface area contributed by atoms with Crippen LogP contribution in [0.2, 0.25) is 0 Å². The minimum atomic E-state index is -0.309. The van der Waals surface area contributed by atoms with E-state index in [2.05, 4.69) is 10.4 Å². The van der Waals surface area contributed by atoms with E-state index in [1.165, 1.54) is 0 Å². The lowest BCUT2D eigenvalue weighted by molar-refractivity contribution is 0.0948. The second-order valence-electron chi connectivity index (χ2n) is 6.26. The molecule has 0 aliphatic carbocycles. The van der Waals surface area contributed by atoms with Crippen LogP contribution < -0.4 is 5.32 Å². The van der Waals surface area contributed by atoms with E-state index < -0.39 is 0 Å². The van der Waals surface area contributed by atoms with E-state index in [4.69, 9.17) is 4.74 Å². The van der Waals surface area contributed by atoms with Gasteiger partial charge < -0.3 is 15.2 Å². The quantitative estimate of drug-likeness (QED) is 0.714. The number of carbonyl (C=O) groups is 1. The Bertz CT molecular complexity index is 947. The highest BCUT2D eigenvalue weighted by Crippen LogP contribution is 2.25. The molecule has 3 aromatic rings. The van der Waals surface area contributed by atoms with Crippen molar-refractivity contribution < 1.29 is 14.6 Å². The molecule has 0 saturated heterocycles. The van der Waals surface area contributed by atoms with Crippen molar-refractivity contribution in [3.8, 4) is 5.75 Å². The SMILES string of the molecule is COCCn1nc(C)c(CNC(=O)c2cc3ccccc3cc2O)c1C. The van der Waals surface area contributed by atoms with Crippen LogP contribution in [-0.2, 0) is 17.8 Å². The number of aromatic nitrogens is 2. The van der Waals surface area contributed by atoms with Gasteiger partial charge in [-0.3, -0.25) is 9.48 Å². The molecule has 1 aromatic heterocycles. The minimum Gasteiger partial charge on any atom is -0.507 e. The zero-order valence-electron chi connectivity index (χ0n) is 15.2. The van der Waals surface area contributed by atoms with Gasteiger partial charge in [0.1, 0.15) is 5.75 Å². The first-order valence-corrected chi connectivity index (χ1v) is 8.53. The molecule has 6 nitrogen and oxygen atoms in total. The van der Waals surface area contributed by atoms with Crippen LogP contribution in [0.1, 0.15) is 27.3 Å². The highest BCUT2D eigenvalue weighted by molar-refractivity contribution is 6.01. The van der Waals surface area contributed by atoms with E-state index in [-0.39, 0.29) is 17.2 Å². The van der Waals surface area contributed by atoms with Gasteiger partial charge in [0.25, 0.3) is 5.91 Å². The highest BCUT2D eigenvalue weighted by Gasteiger charge is 2.15. The zero-order valence-corrected chi connectivity index (χ0v) is 15.2. The predicted octanol–water partition coefficient (Wildman–Crippen LogP) is 2.94. The number of ether oxygens (including phenoxy) is 1. The van der Waals surface area contributed by atoms with Crippen molar-refractivity contribution in [3.05, 3.63) is 58.9 Å². The Kier molecular flexibility index (Phi) is 5.23. The molecule has 2 aromatic carbocycles. The number of aromatic hydroxyl groups is 1. The summed E-state index contributed by atoms with van der Waals surface area (Å²) in [4.78, 5) is 12.6. The van der Waals surface area contributed by atoms with Crippen LogP contribution in [-0.4, -0.2) is 34.5 Å². The molecule has 1 amide bonds. The molecular formula is C20H23N3O3. The summed E-state index contributed by atoms with van der Waals surface area (Å²) >= 11 is 0. The Balaban J connectivity index is 1.77. The maximum atomic E-state index is 12.6. The summed E-state index contributed by atoms with van der Waals surface area (Å²) in [6.07, 6.45) is 0. The number of methoxy groups -OCH3 is 1. The summed E-state index contributed by atoms with van der Waals surface area (Å²) in [5.74, 6) is -0.331. The van der Waals surface area contributed by atoms with Gasteiger partial charge in [0.2, 0.25) is 0 Å². The second kappa shape index (κ2) is 7.58. The fraction of sp³-hybridized carbons (Fsp3) is 0.300. The van der Waals surface area contributed by atoms with Crippen LogP contribution in [0.3, 0.4) is 0 Å². The molecule has 0 bridgehead atoms. The molecule has 6 heteroatoms. The van der Waals surface area contributed by atoms with E-state index in [1.807, 2.05) is 42.8 Å². The average Bonchev–Trinajstić information content (AvgIpc) is 2.90. The summed E-state index contributed by atoms with van der Waals surface area (Å²) in [5, 5.41) is 19.4. The topological polar surface area (TPSA) is 76.4 Å². The lowest BCUT2D eigenvalue weighted by atomic mass is 10.1. The molecular weight excluding hydrogens is 330 g/mol. The van der Waals surface area contributed by atoms with Crippen LogP contribution >= 0.6 is 0 Å². The molecule has 136 valence electrons. The number of benzene rings is 2. The molecule has 0 radical (unpaired) electrons. The van der Waals surface area contributed by atoms with Gasteiger partial charge in [-0.25, -0.2) is 0 Å². The van der Waals surface area contributed by atoms with Crippen molar-refractivity contribution in [2.24, 2.45) is 0 Å². The first kappa shape index (κ1) is 17.9. The number of hydrogen-bond donors (Lipinski definition) is 2. The van der Waals surface area contributed by atoms with E-state index in [0.717, 1.165) is 27.7 Å². The predicted molar refractivity (Wildman–Crippen MR) is 100 cm³/mol. The summed E-state index contributed by atoms with van der Waals surface area (Å²) in [6.45, 7) is 5.51. The third kappa shape index (κ3) is 3.55. The molecule has 2 N–H and O–H groups in total. The van der Waals surface area contributed by atoms with Crippen LogP contribution in [0.15, 0.2) is 36.4 Å². The van der Waals surface area contributed by atoms with Crippen molar-refractivity contribution >= 4 is 16.7 Å². The Morgan fingerprint density at radius 2 is 1.92 bits per heavy atom. The molecule has 0 fully saturated rings. The Hall–Kier alpha value is -2.86. The monoisotopic (exact) mass is 353 g/mol. The lowest BCUT2D eigenvalue weighted by Crippen LogP contribution is -2.23. The molecule has 0 spiro atoms. The second-order valence-corrected chi connectivity index (χ2v) is 6.26.